The summed E-state index contributed by atoms with van der Waals surface area (Å²) in [7, 11) is 1.48. The third-order valence-corrected chi connectivity index (χ3v) is 12.3. The predicted octanol–water partition coefficient (Wildman–Crippen LogP) is 4.66. The van der Waals surface area contributed by atoms with E-state index >= 15 is 0 Å². The quantitative estimate of drug-likeness (QED) is 0.285. The fraction of sp³-hybridized carbons (Fsp3) is 0.658. The van der Waals surface area contributed by atoms with Gasteiger partial charge in [-0.15, -0.1) is 11.8 Å². The maximum atomic E-state index is 14.1. The number of Topliss-reactive ketones (excluding diaryl/α,β-unsaturated/α-hetero) is 3. The van der Waals surface area contributed by atoms with E-state index in [-0.39, 0.29) is 58.4 Å². The van der Waals surface area contributed by atoms with Gasteiger partial charge >= 0.3 is 5.97 Å². The molecule has 1 aromatic rings. The third kappa shape index (κ3) is 7.68. The van der Waals surface area contributed by atoms with Crippen LogP contribution in [0.4, 0.5) is 0 Å². The van der Waals surface area contributed by atoms with E-state index < -0.39 is 94.2 Å². The summed E-state index contributed by atoms with van der Waals surface area (Å²) in [6, 6.07) is 0. The molecule has 0 fully saturated rings. The second-order valence-corrected chi connectivity index (χ2v) is 15.7. The van der Waals surface area contributed by atoms with Crippen molar-refractivity contribution in [1.29, 1.82) is 0 Å². The average Bonchev–Trinajstić information content (AvgIpc) is 3.36. The molecule has 3 heterocycles. The lowest BCUT2D eigenvalue weighted by Crippen LogP contribution is -2.44. The molecule has 5 bridgehead atoms. The average molecular weight is 748 g/mol. The van der Waals surface area contributed by atoms with Crippen LogP contribution in [0.25, 0.3) is 0 Å². The molecular formula is C38H53NO12S. The number of aromatic hydroxyl groups is 1. The number of aliphatic carboxylic acids is 1. The van der Waals surface area contributed by atoms with Crippen molar-refractivity contribution < 1.29 is 58.6 Å². The van der Waals surface area contributed by atoms with Crippen LogP contribution >= 0.6 is 11.8 Å². The molecule has 1 aromatic carbocycles. The molecular weight excluding hydrogens is 694 g/mol. The second kappa shape index (κ2) is 16.4. The molecule has 1 aliphatic carbocycles. The number of amides is 1. The maximum absolute atomic E-state index is 14.1. The molecule has 3 aliphatic heterocycles. The molecule has 4 aliphatic rings. The Morgan fingerprint density at radius 2 is 1.60 bits per heavy atom. The number of nitrogens with one attached hydrogen (secondary N) is 1. The number of phenols is 1. The monoisotopic (exact) mass is 747 g/mol. The minimum atomic E-state index is -1.95. The van der Waals surface area contributed by atoms with Crippen LogP contribution in [0.1, 0.15) is 110 Å². The van der Waals surface area contributed by atoms with Gasteiger partial charge < -0.3 is 40.0 Å². The van der Waals surface area contributed by atoms with Crippen LogP contribution < -0.4 is 10.1 Å². The number of rotatable bonds is 4. The highest BCUT2D eigenvalue weighted by Gasteiger charge is 2.52. The van der Waals surface area contributed by atoms with Gasteiger partial charge in [0.25, 0.3) is 5.79 Å². The fourth-order valence-corrected chi connectivity index (χ4v) is 8.63. The Morgan fingerprint density at radius 1 is 0.942 bits per heavy atom. The first kappa shape index (κ1) is 41.5. The van der Waals surface area contributed by atoms with Crippen LogP contribution in [0.5, 0.6) is 11.5 Å². The molecule has 0 saturated heterocycles. The number of allylic oxidation sites excluding steroid dienone is 2. The number of carboxylic acid groups (broad SMARTS) is 1. The van der Waals surface area contributed by atoms with E-state index in [0.29, 0.717) is 19.3 Å². The van der Waals surface area contributed by atoms with E-state index in [4.69, 9.17) is 14.2 Å². The summed E-state index contributed by atoms with van der Waals surface area (Å²) >= 11 is 0.932. The van der Waals surface area contributed by atoms with Gasteiger partial charge in [-0.2, -0.15) is 0 Å². The van der Waals surface area contributed by atoms with Crippen molar-refractivity contribution in [3.05, 3.63) is 32.9 Å². The van der Waals surface area contributed by atoms with Gasteiger partial charge in [-0.25, -0.2) is 0 Å². The number of aliphatic hydroxyl groups is 2. The number of phenolic OH excluding ortho intramolecular Hbond substituents is 1. The zero-order chi connectivity index (χ0) is 39.0. The number of methoxy groups -OCH3 is 1. The van der Waals surface area contributed by atoms with E-state index in [2.05, 4.69) is 5.32 Å². The van der Waals surface area contributed by atoms with Crippen molar-refractivity contribution in [3.63, 3.8) is 0 Å². The zero-order valence-electron chi connectivity index (χ0n) is 31.4. The maximum Gasteiger partial charge on any atom is 0.303 e. The number of carbonyl (C=O) groups excluding carboxylic acids is 4. The van der Waals surface area contributed by atoms with Gasteiger partial charge in [0.1, 0.15) is 17.2 Å². The number of hydrogen-bond donors (Lipinski definition) is 5. The van der Waals surface area contributed by atoms with Crippen molar-refractivity contribution in [2.24, 2.45) is 35.5 Å². The molecule has 0 spiro atoms. The number of carbonyl (C=O) groups is 5. The van der Waals surface area contributed by atoms with Crippen molar-refractivity contribution in [3.8, 4) is 11.5 Å². The molecule has 52 heavy (non-hydrogen) atoms. The van der Waals surface area contributed by atoms with Crippen LogP contribution in [0, 0.1) is 42.4 Å². The molecule has 0 unspecified atom stereocenters. The summed E-state index contributed by atoms with van der Waals surface area (Å²) in [5.41, 5.74) is -1.15. The van der Waals surface area contributed by atoms with E-state index in [9.17, 15) is 44.4 Å². The van der Waals surface area contributed by atoms with Crippen LogP contribution in [0.3, 0.4) is 0 Å². The molecule has 288 valence electrons. The van der Waals surface area contributed by atoms with E-state index in [1.54, 1.807) is 27.0 Å². The number of benzene rings is 1. The first-order chi connectivity index (χ1) is 24.3. The van der Waals surface area contributed by atoms with Crippen molar-refractivity contribution in [2.75, 3.05) is 20.0 Å². The molecule has 13 nitrogen and oxygen atoms in total. The standard InChI is InChI=1S/C38H53NO12S/c1-16-11-10-12-17(2)37(48)39-28-32(45)26-25(33(46)35(28)52-9)27-34(21(6)31(26)44)51-38(7,36(27)47)50-14-13-23(49-8)18(3)22(15-24(40)41)19(4)30(43)20(5)29(16)42/h16-20,22-23,29-30,42-44H,10-15H2,1-9H3,(H,39,48)(H,40,41)/t16-,17+,18-,19-,20-,22-,23-,29-,30-,38+/m0/s1. The Balaban J connectivity index is 1.78. The van der Waals surface area contributed by atoms with E-state index in [1.807, 2.05) is 13.8 Å². The smallest absolute Gasteiger partial charge is 0.303 e. The van der Waals surface area contributed by atoms with Gasteiger partial charge in [-0.3, -0.25) is 24.0 Å². The second-order valence-electron chi connectivity index (χ2n) is 14.9. The van der Waals surface area contributed by atoms with E-state index in [0.717, 1.165) is 11.8 Å². The summed E-state index contributed by atoms with van der Waals surface area (Å²) in [5, 5.41) is 46.5. The van der Waals surface area contributed by atoms with Gasteiger partial charge in [-0.1, -0.05) is 41.0 Å². The number of thioether (sulfide) groups is 1. The largest absolute Gasteiger partial charge is 0.507 e. The Hall–Kier alpha value is -3.30. The highest BCUT2D eigenvalue weighted by molar-refractivity contribution is 8.03. The van der Waals surface area contributed by atoms with Crippen LogP contribution in [-0.4, -0.2) is 93.7 Å². The number of fused-ring (bicyclic) bond motifs is 17. The lowest BCUT2D eigenvalue weighted by Gasteiger charge is -2.39. The van der Waals surface area contributed by atoms with Crippen molar-refractivity contribution in [1.82, 2.24) is 5.32 Å². The minimum absolute atomic E-state index is 0.0470. The van der Waals surface area contributed by atoms with Gasteiger partial charge in [-0.05, 0) is 56.1 Å². The number of hydrogen-bond acceptors (Lipinski definition) is 12. The first-order valence-corrected chi connectivity index (χ1v) is 19.1. The lowest BCUT2D eigenvalue weighted by molar-refractivity contribution is -0.143. The van der Waals surface area contributed by atoms with Gasteiger partial charge in [0.2, 0.25) is 23.3 Å². The van der Waals surface area contributed by atoms with Crippen molar-refractivity contribution >= 4 is 41.0 Å². The van der Waals surface area contributed by atoms with Crippen molar-refractivity contribution in [2.45, 2.75) is 105 Å². The number of ketones is 3. The Kier molecular flexibility index (Phi) is 13.1. The summed E-state index contributed by atoms with van der Waals surface area (Å²) < 4.78 is 17.9. The van der Waals surface area contributed by atoms with Crippen LogP contribution in [0.15, 0.2) is 10.6 Å². The molecule has 0 aromatic heterocycles. The summed E-state index contributed by atoms with van der Waals surface area (Å²) in [6.45, 7) is 11.6. The Bertz CT molecular complexity index is 1640. The minimum Gasteiger partial charge on any atom is -0.507 e. The molecule has 5 rings (SSSR count). The first-order valence-electron chi connectivity index (χ1n) is 17.9. The lowest BCUT2D eigenvalue weighted by atomic mass is 9.71. The fourth-order valence-electron chi connectivity index (χ4n) is 8.00. The molecule has 10 atom stereocenters. The zero-order valence-corrected chi connectivity index (χ0v) is 32.2. The molecule has 1 amide bonds. The number of carboxylic acids is 1. The Labute approximate surface area is 308 Å². The molecule has 5 N–H and O–H groups in total. The van der Waals surface area contributed by atoms with Crippen LogP contribution in [0.2, 0.25) is 0 Å². The summed E-state index contributed by atoms with van der Waals surface area (Å²) in [6.07, 6.45) is 0.373. The predicted molar refractivity (Wildman–Crippen MR) is 192 cm³/mol. The van der Waals surface area contributed by atoms with Crippen LogP contribution in [-0.2, 0) is 19.1 Å². The number of ether oxygens (including phenoxy) is 3. The third-order valence-electron chi connectivity index (χ3n) is 11.5. The molecule has 14 heteroatoms. The normalized spacial score (nSPS) is 33.9. The highest BCUT2D eigenvalue weighted by atomic mass is 32.2. The SMILES string of the molecule is CO[C@H]1CCO[C@]2(C)Oc3c(C)c(O)c4c(c3C2=O)C(=O)C(SC)=C(NC(=O)[C@H](C)CCC[C@H](C)[C@H](O)[C@H](C)[C@@H](O)[C@@H](C)[C@@H](CC(=O)O)[C@@H]1C)C4=O. The van der Waals surface area contributed by atoms with E-state index in [1.165, 1.54) is 21.0 Å². The Morgan fingerprint density at radius 3 is 2.19 bits per heavy atom. The van der Waals surface area contributed by atoms with Gasteiger partial charge in [0, 0.05) is 37.9 Å². The topological polar surface area (TPSA) is 206 Å². The highest BCUT2D eigenvalue weighted by Crippen LogP contribution is 2.49. The number of aliphatic hydroxyl groups excluding tert-OH is 2. The van der Waals surface area contributed by atoms with Gasteiger partial charge in [0.05, 0.1) is 46.5 Å². The van der Waals surface area contributed by atoms with Gasteiger partial charge in [0.15, 0.2) is 0 Å². The molecule has 0 saturated carbocycles. The molecule has 0 radical (unpaired) electrons. The summed E-state index contributed by atoms with van der Waals surface area (Å²) in [5.74, 6) is -9.44. The summed E-state index contributed by atoms with van der Waals surface area (Å²) in [4.78, 5) is 67.6.